The number of rotatable bonds is 4. The van der Waals surface area contributed by atoms with E-state index in [9.17, 15) is 0 Å². The molecule has 1 aromatic heterocycles. The fraction of sp³-hybridized carbons (Fsp3) is 0.211. The number of aromatic nitrogens is 1. The van der Waals surface area contributed by atoms with E-state index in [4.69, 9.17) is 32.4 Å². The molecule has 2 heterocycles. The van der Waals surface area contributed by atoms with E-state index in [0.29, 0.717) is 34.9 Å². The third-order valence-electron chi connectivity index (χ3n) is 4.20. The molecule has 4 nitrogen and oxygen atoms in total. The van der Waals surface area contributed by atoms with Crippen LogP contribution in [0.3, 0.4) is 0 Å². The van der Waals surface area contributed by atoms with Crippen molar-refractivity contribution in [2.24, 2.45) is 0 Å². The van der Waals surface area contributed by atoms with Gasteiger partial charge in [0.15, 0.2) is 5.76 Å². The Balaban J connectivity index is 1.53. The quantitative estimate of drug-likeness (QED) is 0.621. The van der Waals surface area contributed by atoms with Gasteiger partial charge in [0.2, 0.25) is 5.89 Å². The molecule has 1 atom stereocenters. The molecule has 0 spiro atoms. The van der Waals surface area contributed by atoms with Crippen molar-refractivity contribution in [2.75, 3.05) is 5.32 Å². The molecule has 0 aliphatic carbocycles. The lowest BCUT2D eigenvalue weighted by atomic mass is 10.1. The minimum absolute atomic E-state index is 0.0832. The Hall–Kier alpha value is -2.01. The Labute approximate surface area is 155 Å². The molecule has 0 fully saturated rings. The van der Waals surface area contributed by atoms with Crippen LogP contribution in [-0.2, 0) is 18.0 Å². The van der Waals surface area contributed by atoms with Crippen LogP contribution in [-0.4, -0.2) is 4.98 Å². The Morgan fingerprint density at radius 3 is 2.76 bits per heavy atom. The molecule has 1 unspecified atom stereocenters. The minimum atomic E-state index is -0.0832. The number of hydrogen-bond acceptors (Lipinski definition) is 4. The zero-order valence-corrected chi connectivity index (χ0v) is 15.1. The second-order valence-corrected chi connectivity index (χ2v) is 6.87. The van der Waals surface area contributed by atoms with Crippen molar-refractivity contribution in [1.82, 2.24) is 4.98 Å². The fourth-order valence-electron chi connectivity index (χ4n) is 2.88. The number of ether oxygens (including phenoxy) is 1. The summed E-state index contributed by atoms with van der Waals surface area (Å²) >= 11 is 12.2. The second kappa shape index (κ2) is 6.71. The van der Waals surface area contributed by atoms with Crippen LogP contribution in [0, 0.1) is 0 Å². The normalized spacial score (nSPS) is 14.4. The topological polar surface area (TPSA) is 47.3 Å². The monoisotopic (exact) mass is 374 g/mol. The maximum atomic E-state index is 6.24. The summed E-state index contributed by atoms with van der Waals surface area (Å²) < 4.78 is 11.3. The minimum Gasteiger partial charge on any atom is -0.438 e. The summed E-state index contributed by atoms with van der Waals surface area (Å²) in [7, 11) is 0. The number of nitrogens with zero attached hydrogens (tertiary/aromatic N) is 1. The third-order valence-corrected chi connectivity index (χ3v) is 4.74. The number of nitrogens with one attached hydrogen (secondary N) is 1. The van der Waals surface area contributed by atoms with Gasteiger partial charge in [-0.15, -0.1) is 0 Å². The second-order valence-electron chi connectivity index (χ2n) is 6.03. The number of fused-ring (bicyclic) bond motifs is 1. The first-order valence-corrected chi connectivity index (χ1v) is 8.73. The molecule has 6 heteroatoms. The Morgan fingerprint density at radius 1 is 1.08 bits per heavy atom. The van der Waals surface area contributed by atoms with E-state index in [2.05, 4.69) is 22.4 Å². The first-order valence-electron chi connectivity index (χ1n) is 7.97. The average molecular weight is 375 g/mol. The first-order chi connectivity index (χ1) is 12.1. The lowest BCUT2D eigenvalue weighted by Crippen LogP contribution is -2.07. The Kier molecular flexibility index (Phi) is 4.42. The van der Waals surface area contributed by atoms with Crippen molar-refractivity contribution in [3.63, 3.8) is 0 Å². The smallest absolute Gasteiger partial charge is 0.217 e. The highest BCUT2D eigenvalue weighted by Gasteiger charge is 2.17. The highest BCUT2D eigenvalue weighted by atomic mass is 35.5. The summed E-state index contributed by atoms with van der Waals surface area (Å²) in [6.45, 7) is 3.36. The van der Waals surface area contributed by atoms with Crippen molar-refractivity contribution < 1.29 is 9.15 Å². The van der Waals surface area contributed by atoms with Gasteiger partial charge in [-0.3, -0.25) is 0 Å². The predicted molar refractivity (Wildman–Crippen MR) is 98.9 cm³/mol. The summed E-state index contributed by atoms with van der Waals surface area (Å²) in [6, 6.07) is 11.5. The summed E-state index contributed by atoms with van der Waals surface area (Å²) in [5, 5.41) is 4.53. The van der Waals surface area contributed by atoms with Crippen LogP contribution in [0.15, 0.2) is 47.0 Å². The summed E-state index contributed by atoms with van der Waals surface area (Å²) in [5.41, 5.74) is 4.25. The van der Waals surface area contributed by atoms with E-state index < -0.39 is 0 Å². The van der Waals surface area contributed by atoms with Gasteiger partial charge in [-0.25, -0.2) is 4.98 Å². The van der Waals surface area contributed by atoms with Crippen LogP contribution in [0.5, 0.6) is 0 Å². The van der Waals surface area contributed by atoms with E-state index in [0.717, 1.165) is 11.3 Å². The molecule has 0 saturated heterocycles. The highest BCUT2D eigenvalue weighted by molar-refractivity contribution is 6.36. The molecule has 1 aliphatic rings. The molecule has 4 rings (SSSR count). The molecular formula is C19H16Cl2N2O2. The number of halogens is 2. The average Bonchev–Trinajstić information content (AvgIpc) is 3.23. The van der Waals surface area contributed by atoms with Gasteiger partial charge in [-0.1, -0.05) is 29.3 Å². The van der Waals surface area contributed by atoms with Gasteiger partial charge in [-0.05, 0) is 48.4 Å². The van der Waals surface area contributed by atoms with E-state index in [-0.39, 0.29) is 6.04 Å². The number of anilines is 1. The fourth-order valence-corrected chi connectivity index (χ4v) is 3.38. The Bertz CT molecular complexity index is 924. The summed E-state index contributed by atoms with van der Waals surface area (Å²) in [4.78, 5) is 4.38. The molecular weight excluding hydrogens is 359 g/mol. The maximum Gasteiger partial charge on any atom is 0.217 e. The molecule has 0 radical (unpaired) electrons. The zero-order valence-electron chi connectivity index (χ0n) is 13.6. The molecule has 1 aliphatic heterocycles. The van der Waals surface area contributed by atoms with Gasteiger partial charge in [0.05, 0.1) is 24.4 Å². The van der Waals surface area contributed by atoms with Gasteiger partial charge in [-0.2, -0.15) is 0 Å². The van der Waals surface area contributed by atoms with Crippen molar-refractivity contribution >= 4 is 28.9 Å². The number of benzene rings is 2. The van der Waals surface area contributed by atoms with E-state index in [1.165, 1.54) is 11.1 Å². The van der Waals surface area contributed by atoms with E-state index in [1.54, 1.807) is 18.3 Å². The van der Waals surface area contributed by atoms with E-state index in [1.807, 2.05) is 19.1 Å². The van der Waals surface area contributed by atoms with Crippen molar-refractivity contribution in [3.8, 4) is 11.3 Å². The molecule has 128 valence electrons. The van der Waals surface area contributed by atoms with Crippen LogP contribution in [0.25, 0.3) is 11.3 Å². The van der Waals surface area contributed by atoms with Crippen molar-refractivity contribution in [3.05, 3.63) is 69.7 Å². The lowest BCUT2D eigenvalue weighted by Gasteiger charge is -2.13. The maximum absolute atomic E-state index is 6.24. The van der Waals surface area contributed by atoms with Gasteiger partial charge in [0.1, 0.15) is 6.04 Å². The highest BCUT2D eigenvalue weighted by Crippen LogP contribution is 2.32. The molecule has 2 aromatic carbocycles. The van der Waals surface area contributed by atoms with Crippen molar-refractivity contribution in [2.45, 2.75) is 26.2 Å². The van der Waals surface area contributed by atoms with Gasteiger partial charge in [0, 0.05) is 16.3 Å². The lowest BCUT2D eigenvalue weighted by molar-refractivity contribution is 0.134. The number of hydrogen-bond donors (Lipinski definition) is 1. The van der Waals surface area contributed by atoms with Gasteiger partial charge >= 0.3 is 0 Å². The number of oxazole rings is 1. The molecule has 25 heavy (non-hydrogen) atoms. The van der Waals surface area contributed by atoms with Crippen LogP contribution in [0.2, 0.25) is 10.0 Å². The summed E-state index contributed by atoms with van der Waals surface area (Å²) in [6.07, 6.45) is 1.68. The molecule has 3 aromatic rings. The largest absolute Gasteiger partial charge is 0.438 e. The molecule has 1 N–H and O–H groups in total. The predicted octanol–water partition coefficient (Wildman–Crippen LogP) is 5.85. The van der Waals surface area contributed by atoms with Gasteiger partial charge in [0.25, 0.3) is 0 Å². The van der Waals surface area contributed by atoms with Crippen LogP contribution >= 0.6 is 23.2 Å². The SMILES string of the molecule is CC(Nc1ccc2c(c1)COC2)c1ncc(-c2ccc(Cl)cc2Cl)o1. The third kappa shape index (κ3) is 3.38. The van der Waals surface area contributed by atoms with Crippen LogP contribution in [0.4, 0.5) is 5.69 Å². The van der Waals surface area contributed by atoms with Crippen molar-refractivity contribution in [1.29, 1.82) is 0 Å². The Morgan fingerprint density at radius 2 is 1.92 bits per heavy atom. The molecule has 0 saturated carbocycles. The van der Waals surface area contributed by atoms with Gasteiger partial charge < -0.3 is 14.5 Å². The zero-order chi connectivity index (χ0) is 17.4. The first kappa shape index (κ1) is 16.5. The van der Waals surface area contributed by atoms with Crippen LogP contribution in [0.1, 0.15) is 30.0 Å². The summed E-state index contributed by atoms with van der Waals surface area (Å²) in [5.74, 6) is 1.21. The standard InChI is InChI=1S/C19H16Cl2N2O2/c1-11(23-15-4-2-12-9-24-10-13(12)6-15)19-22-8-18(25-19)16-5-3-14(20)7-17(16)21/h2-8,11,23H,9-10H2,1H3. The van der Waals surface area contributed by atoms with E-state index >= 15 is 0 Å². The molecule has 0 amide bonds. The molecule has 0 bridgehead atoms. The van der Waals surface area contributed by atoms with Crippen LogP contribution < -0.4 is 5.32 Å².